The van der Waals surface area contributed by atoms with E-state index in [2.05, 4.69) is 11.8 Å². The highest BCUT2D eigenvalue weighted by molar-refractivity contribution is 5.85. The van der Waals surface area contributed by atoms with Crippen molar-refractivity contribution in [3.63, 3.8) is 0 Å². The van der Waals surface area contributed by atoms with Crippen molar-refractivity contribution >= 4 is 5.97 Å². The maximum atomic E-state index is 11.2. The zero-order valence-electron chi connectivity index (χ0n) is 12.2. The quantitative estimate of drug-likeness (QED) is 0.899. The van der Waals surface area contributed by atoms with Crippen LogP contribution < -0.4 is 0 Å². The van der Waals surface area contributed by atoms with Crippen LogP contribution in [0.5, 0.6) is 0 Å². The van der Waals surface area contributed by atoms with Crippen LogP contribution in [0, 0.1) is 5.92 Å². The molecule has 0 bridgehead atoms. The number of nitrogens with zero attached hydrogens (tertiary/aromatic N) is 2. The Hall–Kier alpha value is -1.29. The SMILES string of the molecule is CC(CC1CC1)N1CCC(n2cccc2C(=O)O)CC1. The van der Waals surface area contributed by atoms with Crippen LogP contribution in [0.25, 0.3) is 0 Å². The largest absolute Gasteiger partial charge is 0.477 e. The van der Waals surface area contributed by atoms with Crippen LogP contribution in [0.2, 0.25) is 0 Å². The first kappa shape index (κ1) is 13.7. The minimum Gasteiger partial charge on any atom is -0.477 e. The number of carbonyl (C=O) groups is 1. The van der Waals surface area contributed by atoms with Gasteiger partial charge in [0.05, 0.1) is 0 Å². The smallest absolute Gasteiger partial charge is 0.352 e. The molecule has 110 valence electrons. The number of aromatic nitrogens is 1. The third-order valence-corrected chi connectivity index (χ3v) is 4.89. The third-order valence-electron chi connectivity index (χ3n) is 4.89. The van der Waals surface area contributed by atoms with Crippen LogP contribution >= 0.6 is 0 Å². The van der Waals surface area contributed by atoms with Crippen molar-refractivity contribution in [3.8, 4) is 0 Å². The molecule has 1 atom stereocenters. The number of aromatic carboxylic acids is 1. The Morgan fingerprint density at radius 2 is 2.05 bits per heavy atom. The fraction of sp³-hybridized carbons (Fsp3) is 0.688. The van der Waals surface area contributed by atoms with Crippen molar-refractivity contribution in [2.45, 2.75) is 51.1 Å². The number of hydrogen-bond donors (Lipinski definition) is 1. The fourth-order valence-corrected chi connectivity index (χ4v) is 3.48. The van der Waals surface area contributed by atoms with Gasteiger partial charge in [-0.15, -0.1) is 0 Å². The first-order valence-electron chi connectivity index (χ1n) is 7.79. The number of hydrogen-bond acceptors (Lipinski definition) is 2. The summed E-state index contributed by atoms with van der Waals surface area (Å²) in [6.45, 7) is 4.53. The second kappa shape index (κ2) is 5.60. The van der Waals surface area contributed by atoms with E-state index in [0.717, 1.165) is 31.8 Å². The predicted molar refractivity (Wildman–Crippen MR) is 78.0 cm³/mol. The van der Waals surface area contributed by atoms with Crippen LogP contribution in [0.1, 0.15) is 55.6 Å². The highest BCUT2D eigenvalue weighted by Gasteiger charge is 2.29. The summed E-state index contributed by atoms with van der Waals surface area (Å²) in [5.41, 5.74) is 0.425. The Bertz CT molecular complexity index is 471. The maximum Gasteiger partial charge on any atom is 0.352 e. The summed E-state index contributed by atoms with van der Waals surface area (Å²) in [6, 6.07) is 4.57. The molecule has 4 heteroatoms. The minimum absolute atomic E-state index is 0.348. The van der Waals surface area contributed by atoms with Crippen LogP contribution in [-0.2, 0) is 0 Å². The van der Waals surface area contributed by atoms with Gasteiger partial charge in [0.2, 0.25) is 0 Å². The third kappa shape index (κ3) is 2.90. The van der Waals surface area contributed by atoms with Gasteiger partial charge in [0, 0.05) is 31.4 Å². The second-order valence-corrected chi connectivity index (χ2v) is 6.40. The molecule has 1 aromatic rings. The molecule has 0 spiro atoms. The molecule has 3 rings (SSSR count). The number of piperidine rings is 1. The van der Waals surface area contributed by atoms with Gasteiger partial charge in [-0.25, -0.2) is 4.79 Å². The number of rotatable bonds is 5. The van der Waals surface area contributed by atoms with Crippen molar-refractivity contribution in [3.05, 3.63) is 24.0 Å². The average molecular weight is 276 g/mol. The van der Waals surface area contributed by atoms with Crippen molar-refractivity contribution in [2.75, 3.05) is 13.1 Å². The van der Waals surface area contributed by atoms with Crippen molar-refractivity contribution < 1.29 is 9.90 Å². The number of carboxylic acid groups (broad SMARTS) is 1. The molecule has 1 saturated heterocycles. The Kier molecular flexibility index (Phi) is 3.83. The lowest BCUT2D eigenvalue weighted by Crippen LogP contribution is -2.40. The Labute approximate surface area is 120 Å². The fourth-order valence-electron chi connectivity index (χ4n) is 3.48. The van der Waals surface area contributed by atoms with Crippen LogP contribution in [-0.4, -0.2) is 39.7 Å². The lowest BCUT2D eigenvalue weighted by Gasteiger charge is -2.37. The van der Waals surface area contributed by atoms with Gasteiger partial charge in [-0.1, -0.05) is 12.8 Å². The standard InChI is InChI=1S/C16H24N2O2/c1-12(11-13-4-5-13)17-9-6-14(7-10-17)18-8-2-3-15(18)16(19)20/h2-3,8,12-14H,4-7,9-11H2,1H3,(H,19,20). The topological polar surface area (TPSA) is 45.5 Å². The molecular weight excluding hydrogens is 252 g/mol. The van der Waals surface area contributed by atoms with Crippen LogP contribution in [0.15, 0.2) is 18.3 Å². The molecule has 1 aromatic heterocycles. The minimum atomic E-state index is -0.820. The predicted octanol–water partition coefficient (Wildman–Crippen LogP) is 3.01. The summed E-state index contributed by atoms with van der Waals surface area (Å²) in [7, 11) is 0. The summed E-state index contributed by atoms with van der Waals surface area (Å²) in [5, 5.41) is 9.20. The summed E-state index contributed by atoms with van der Waals surface area (Å²) in [4.78, 5) is 13.8. The van der Waals surface area contributed by atoms with Gasteiger partial charge in [-0.3, -0.25) is 0 Å². The van der Waals surface area contributed by atoms with Gasteiger partial charge in [-0.05, 0) is 44.2 Å². The molecule has 20 heavy (non-hydrogen) atoms. The molecule has 0 radical (unpaired) electrons. The Morgan fingerprint density at radius 3 is 2.65 bits per heavy atom. The normalized spacial score (nSPS) is 22.9. The summed E-state index contributed by atoms with van der Waals surface area (Å²) in [6.07, 6.45) is 8.22. The van der Waals surface area contributed by atoms with Crippen LogP contribution in [0.4, 0.5) is 0 Å². The highest BCUT2D eigenvalue weighted by atomic mass is 16.4. The van der Waals surface area contributed by atoms with E-state index in [1.807, 2.05) is 16.8 Å². The van der Waals surface area contributed by atoms with E-state index >= 15 is 0 Å². The molecule has 4 nitrogen and oxygen atoms in total. The molecule has 2 aliphatic rings. The van der Waals surface area contributed by atoms with Gasteiger partial charge in [-0.2, -0.15) is 0 Å². The first-order chi connectivity index (χ1) is 9.65. The molecular formula is C16H24N2O2. The molecule has 1 N–H and O–H groups in total. The molecule has 2 fully saturated rings. The van der Waals surface area contributed by atoms with E-state index in [9.17, 15) is 9.90 Å². The molecule has 2 heterocycles. The molecule has 0 aromatic carbocycles. The van der Waals surface area contributed by atoms with E-state index in [-0.39, 0.29) is 0 Å². The van der Waals surface area contributed by atoms with Crippen molar-refractivity contribution in [1.29, 1.82) is 0 Å². The second-order valence-electron chi connectivity index (χ2n) is 6.40. The van der Waals surface area contributed by atoms with Crippen LogP contribution in [0.3, 0.4) is 0 Å². The Morgan fingerprint density at radius 1 is 1.35 bits per heavy atom. The van der Waals surface area contributed by atoms with Gasteiger partial charge in [0.25, 0.3) is 0 Å². The van der Waals surface area contributed by atoms with Gasteiger partial charge >= 0.3 is 5.97 Å². The van der Waals surface area contributed by atoms with E-state index in [0.29, 0.717) is 17.8 Å². The van der Waals surface area contributed by atoms with E-state index in [4.69, 9.17) is 0 Å². The average Bonchev–Trinajstić information content (AvgIpc) is 3.11. The molecule has 0 amide bonds. The van der Waals surface area contributed by atoms with E-state index in [1.165, 1.54) is 19.3 Å². The number of likely N-dealkylation sites (tertiary alicyclic amines) is 1. The van der Waals surface area contributed by atoms with Crippen molar-refractivity contribution in [2.24, 2.45) is 5.92 Å². The van der Waals surface area contributed by atoms with Gasteiger partial charge in [0.15, 0.2) is 0 Å². The maximum absolute atomic E-state index is 11.2. The van der Waals surface area contributed by atoms with Gasteiger partial charge < -0.3 is 14.6 Å². The first-order valence-corrected chi connectivity index (χ1v) is 7.79. The monoisotopic (exact) mass is 276 g/mol. The molecule has 1 aliphatic carbocycles. The number of carboxylic acids is 1. The zero-order chi connectivity index (χ0) is 14.1. The summed E-state index contributed by atoms with van der Waals surface area (Å²) < 4.78 is 1.95. The zero-order valence-corrected chi connectivity index (χ0v) is 12.2. The van der Waals surface area contributed by atoms with Gasteiger partial charge in [0.1, 0.15) is 5.69 Å². The Balaban J connectivity index is 1.57. The van der Waals surface area contributed by atoms with E-state index < -0.39 is 5.97 Å². The lowest BCUT2D eigenvalue weighted by atomic mass is 10.0. The van der Waals surface area contributed by atoms with Crippen molar-refractivity contribution in [1.82, 2.24) is 9.47 Å². The highest BCUT2D eigenvalue weighted by Crippen LogP contribution is 2.35. The molecule has 1 aliphatic heterocycles. The summed E-state index contributed by atoms with van der Waals surface area (Å²) in [5.74, 6) is 0.158. The summed E-state index contributed by atoms with van der Waals surface area (Å²) >= 11 is 0. The molecule has 1 saturated carbocycles. The van der Waals surface area contributed by atoms with E-state index in [1.54, 1.807) is 6.07 Å². The molecule has 1 unspecified atom stereocenters. The lowest BCUT2D eigenvalue weighted by molar-refractivity contribution is 0.0675.